The molecule has 1 aromatic heterocycles. The summed E-state index contributed by atoms with van der Waals surface area (Å²) in [5.41, 5.74) is 6.29. The van der Waals surface area contributed by atoms with Crippen LogP contribution in [0.4, 0.5) is 10.6 Å². The SMILES string of the molecule is N[C@@H](CO)C(=O)OC[C@H]1O[C@@H](n2ccc(NO)nc2=O)[C@@H]2OC(=O)O[C@@H]21. The van der Waals surface area contributed by atoms with Crippen LogP contribution in [0.15, 0.2) is 17.1 Å². The minimum Gasteiger partial charge on any atom is -0.462 e. The van der Waals surface area contributed by atoms with E-state index in [1.54, 1.807) is 5.48 Å². The number of hydrogen-bond acceptors (Lipinski definition) is 12. The molecule has 2 fully saturated rings. The molecular weight excluding hydrogens is 356 g/mol. The molecule has 2 aliphatic rings. The molecule has 0 bridgehead atoms. The molecule has 5 N–H and O–H groups in total. The van der Waals surface area contributed by atoms with Crippen molar-refractivity contribution >= 4 is 17.9 Å². The van der Waals surface area contributed by atoms with Gasteiger partial charge >= 0.3 is 17.8 Å². The minimum atomic E-state index is -1.21. The van der Waals surface area contributed by atoms with Crippen LogP contribution in [0, 0.1) is 0 Å². The number of ether oxygens (including phenoxy) is 4. The lowest BCUT2D eigenvalue weighted by Gasteiger charge is -2.18. The highest BCUT2D eigenvalue weighted by atomic mass is 16.8. The zero-order chi connectivity index (χ0) is 18.8. The van der Waals surface area contributed by atoms with Gasteiger partial charge in [0.1, 0.15) is 18.8 Å². The van der Waals surface area contributed by atoms with Crippen molar-refractivity contribution in [2.75, 3.05) is 18.7 Å². The number of nitrogens with two attached hydrogens (primary N) is 1. The second-order valence-corrected chi connectivity index (χ2v) is 5.51. The number of aliphatic hydroxyl groups is 1. The van der Waals surface area contributed by atoms with E-state index in [1.165, 1.54) is 12.3 Å². The van der Waals surface area contributed by atoms with Crippen molar-refractivity contribution in [3.05, 3.63) is 22.7 Å². The molecule has 0 spiro atoms. The molecule has 2 aliphatic heterocycles. The molecule has 142 valence electrons. The Morgan fingerprint density at radius 1 is 1.42 bits per heavy atom. The summed E-state index contributed by atoms with van der Waals surface area (Å²) in [5, 5.41) is 17.6. The average molecular weight is 372 g/mol. The summed E-state index contributed by atoms with van der Waals surface area (Å²) in [7, 11) is 0. The number of aromatic nitrogens is 2. The van der Waals surface area contributed by atoms with Crippen molar-refractivity contribution in [3.63, 3.8) is 0 Å². The summed E-state index contributed by atoms with van der Waals surface area (Å²) in [4.78, 5) is 38.6. The number of fused-ring (bicyclic) bond motifs is 1. The third kappa shape index (κ3) is 3.32. The van der Waals surface area contributed by atoms with Gasteiger partial charge < -0.3 is 29.8 Å². The van der Waals surface area contributed by atoms with E-state index in [1.807, 2.05) is 0 Å². The molecule has 0 radical (unpaired) electrons. The van der Waals surface area contributed by atoms with Gasteiger partial charge in [-0.3, -0.25) is 20.0 Å². The summed E-state index contributed by atoms with van der Waals surface area (Å²) in [6.45, 7) is -0.928. The number of carbonyl (C=O) groups excluding carboxylic acids is 2. The van der Waals surface area contributed by atoms with Crippen LogP contribution in [0.25, 0.3) is 0 Å². The number of rotatable bonds is 6. The second-order valence-electron chi connectivity index (χ2n) is 5.51. The fourth-order valence-electron chi connectivity index (χ4n) is 2.60. The summed E-state index contributed by atoms with van der Waals surface area (Å²) < 4.78 is 21.6. The van der Waals surface area contributed by atoms with E-state index in [4.69, 9.17) is 35.0 Å². The van der Waals surface area contributed by atoms with E-state index in [-0.39, 0.29) is 12.4 Å². The van der Waals surface area contributed by atoms with Crippen LogP contribution >= 0.6 is 0 Å². The fraction of sp³-hybridized carbons (Fsp3) is 0.538. The highest BCUT2D eigenvalue weighted by Gasteiger charge is 2.55. The van der Waals surface area contributed by atoms with Gasteiger partial charge in [0.2, 0.25) is 0 Å². The van der Waals surface area contributed by atoms with E-state index in [0.29, 0.717) is 0 Å². The molecule has 13 heteroatoms. The van der Waals surface area contributed by atoms with Gasteiger partial charge in [0.15, 0.2) is 24.3 Å². The third-order valence-corrected chi connectivity index (χ3v) is 3.86. The highest BCUT2D eigenvalue weighted by molar-refractivity contribution is 5.75. The second kappa shape index (κ2) is 7.25. The summed E-state index contributed by atoms with van der Waals surface area (Å²) in [6.07, 6.45) is -3.56. The number of carbonyl (C=O) groups is 2. The average Bonchev–Trinajstić information content (AvgIpc) is 3.16. The Balaban J connectivity index is 1.77. The van der Waals surface area contributed by atoms with E-state index in [0.717, 1.165) is 4.57 Å². The van der Waals surface area contributed by atoms with Crippen LogP contribution in [0.2, 0.25) is 0 Å². The standard InChI is InChI=1S/C13H16N4O9/c14-5(3-18)11(19)23-4-6-8-9(26-13(21)25-8)10(24-6)17-2-1-7(16-22)15-12(17)20/h1-2,5-6,8-10,18,22H,3-4,14H2,(H,15,16,20)/t5-,6+,8+,9+,10+/m0/s1. The van der Waals surface area contributed by atoms with Gasteiger partial charge in [-0.15, -0.1) is 0 Å². The number of hydrogen-bond donors (Lipinski definition) is 4. The molecule has 1 aromatic rings. The van der Waals surface area contributed by atoms with Crippen LogP contribution in [-0.4, -0.2) is 69.6 Å². The Morgan fingerprint density at radius 2 is 2.15 bits per heavy atom. The molecule has 3 heterocycles. The van der Waals surface area contributed by atoms with Gasteiger partial charge in [0.05, 0.1) is 6.61 Å². The van der Waals surface area contributed by atoms with Gasteiger partial charge in [0, 0.05) is 6.20 Å². The normalized spacial score (nSPS) is 28.0. The lowest BCUT2D eigenvalue weighted by molar-refractivity contribution is -0.153. The van der Waals surface area contributed by atoms with Gasteiger partial charge in [-0.2, -0.15) is 4.98 Å². The van der Waals surface area contributed by atoms with Gasteiger partial charge in [-0.05, 0) is 6.07 Å². The van der Waals surface area contributed by atoms with Crippen molar-refractivity contribution in [1.82, 2.24) is 9.55 Å². The third-order valence-electron chi connectivity index (χ3n) is 3.86. The lowest BCUT2D eigenvalue weighted by atomic mass is 10.1. The fourth-order valence-corrected chi connectivity index (χ4v) is 2.60. The van der Waals surface area contributed by atoms with Crippen LogP contribution in [-0.2, 0) is 23.7 Å². The number of aliphatic hydroxyl groups excluding tert-OH is 1. The van der Waals surface area contributed by atoms with E-state index < -0.39 is 55.0 Å². The van der Waals surface area contributed by atoms with Gasteiger partial charge in [0.25, 0.3) is 0 Å². The van der Waals surface area contributed by atoms with Gasteiger partial charge in [-0.25, -0.2) is 9.59 Å². The van der Waals surface area contributed by atoms with Crippen LogP contribution in [0.3, 0.4) is 0 Å². The van der Waals surface area contributed by atoms with Crippen LogP contribution in [0.5, 0.6) is 0 Å². The smallest absolute Gasteiger partial charge is 0.462 e. The van der Waals surface area contributed by atoms with Gasteiger partial charge in [-0.1, -0.05) is 0 Å². The Hall–Kier alpha value is -2.74. The zero-order valence-corrected chi connectivity index (χ0v) is 13.2. The first-order valence-corrected chi connectivity index (χ1v) is 7.49. The monoisotopic (exact) mass is 372 g/mol. The number of nitrogens with one attached hydrogen (secondary N) is 1. The summed E-state index contributed by atoms with van der Waals surface area (Å²) >= 11 is 0. The number of anilines is 1. The van der Waals surface area contributed by atoms with Crippen LogP contribution in [0.1, 0.15) is 6.23 Å². The Morgan fingerprint density at radius 3 is 2.81 bits per heavy atom. The first-order valence-electron chi connectivity index (χ1n) is 7.49. The molecule has 0 unspecified atom stereocenters. The van der Waals surface area contributed by atoms with Crippen molar-refractivity contribution in [2.45, 2.75) is 30.6 Å². The minimum absolute atomic E-state index is 0.0797. The van der Waals surface area contributed by atoms with E-state index in [9.17, 15) is 14.4 Å². The molecule has 0 saturated carbocycles. The topological polar surface area (TPSA) is 184 Å². The summed E-state index contributed by atoms with van der Waals surface area (Å²) in [6, 6.07) is 0.0843. The van der Waals surface area contributed by atoms with E-state index in [2.05, 4.69) is 4.98 Å². The number of esters is 1. The molecule has 0 aromatic carbocycles. The van der Waals surface area contributed by atoms with Crippen molar-refractivity contribution in [1.29, 1.82) is 0 Å². The Bertz CT molecular complexity index is 753. The first kappa shape index (κ1) is 18.1. The van der Waals surface area contributed by atoms with Crippen molar-refractivity contribution < 1.29 is 38.9 Å². The summed E-state index contributed by atoms with van der Waals surface area (Å²) in [5.74, 6) is -0.942. The maximum absolute atomic E-state index is 12.1. The largest absolute Gasteiger partial charge is 0.509 e. The lowest BCUT2D eigenvalue weighted by Crippen LogP contribution is -2.39. The molecule has 0 aliphatic carbocycles. The Labute approximate surface area is 145 Å². The quantitative estimate of drug-likeness (QED) is 0.310. The molecular formula is C13H16N4O9. The zero-order valence-electron chi connectivity index (χ0n) is 13.2. The molecule has 26 heavy (non-hydrogen) atoms. The maximum atomic E-state index is 12.1. The predicted octanol–water partition coefficient (Wildman–Crippen LogP) is -2.29. The molecule has 5 atom stereocenters. The van der Waals surface area contributed by atoms with Crippen LogP contribution < -0.4 is 16.9 Å². The first-order chi connectivity index (χ1) is 12.4. The molecule has 13 nitrogen and oxygen atoms in total. The van der Waals surface area contributed by atoms with E-state index >= 15 is 0 Å². The molecule has 2 saturated heterocycles. The van der Waals surface area contributed by atoms with Crippen molar-refractivity contribution in [3.8, 4) is 0 Å². The molecule has 0 amide bonds. The highest BCUT2D eigenvalue weighted by Crippen LogP contribution is 2.37. The number of nitrogens with zero attached hydrogens (tertiary/aromatic N) is 2. The Kier molecular flexibility index (Phi) is 5.03. The van der Waals surface area contributed by atoms with Crippen molar-refractivity contribution in [2.24, 2.45) is 5.73 Å². The predicted molar refractivity (Wildman–Crippen MR) is 79.0 cm³/mol. The maximum Gasteiger partial charge on any atom is 0.509 e. The molecule has 3 rings (SSSR count).